The highest BCUT2D eigenvalue weighted by molar-refractivity contribution is 5.81. The Kier molecular flexibility index (Phi) is 5.36. The standard InChI is InChI=1S/C19H25N5O4/c1-13-20-5-6-24(13)8-7-23(2)19(25)16-9-14(21-22-16)11-26-15-3-4-17-18(10-15)28-12-27-17/h3-6,10,14,16,21-22H,7-9,11-12H2,1-2H3. The summed E-state index contributed by atoms with van der Waals surface area (Å²) < 4.78 is 18.5. The number of hydrogen-bond acceptors (Lipinski definition) is 7. The van der Waals surface area contributed by atoms with Gasteiger partial charge >= 0.3 is 0 Å². The molecule has 1 saturated heterocycles. The van der Waals surface area contributed by atoms with Gasteiger partial charge in [0.1, 0.15) is 24.2 Å². The molecule has 0 aliphatic carbocycles. The van der Waals surface area contributed by atoms with E-state index in [0.29, 0.717) is 31.1 Å². The van der Waals surface area contributed by atoms with Gasteiger partial charge in [0.05, 0.1) is 6.04 Å². The van der Waals surface area contributed by atoms with Gasteiger partial charge in [-0.05, 0) is 25.5 Å². The summed E-state index contributed by atoms with van der Waals surface area (Å²) in [6.07, 6.45) is 4.36. The number of rotatable bonds is 7. The van der Waals surface area contributed by atoms with Crippen molar-refractivity contribution in [2.75, 3.05) is 27.0 Å². The highest BCUT2D eigenvalue weighted by atomic mass is 16.7. The number of nitrogens with zero attached hydrogens (tertiary/aromatic N) is 3. The molecule has 1 aromatic heterocycles. The molecule has 2 unspecified atom stereocenters. The molecule has 1 amide bonds. The lowest BCUT2D eigenvalue weighted by molar-refractivity contribution is -0.132. The Morgan fingerprint density at radius 1 is 1.36 bits per heavy atom. The van der Waals surface area contributed by atoms with Crippen molar-refractivity contribution in [2.24, 2.45) is 0 Å². The predicted octanol–water partition coefficient (Wildman–Crippen LogP) is 0.693. The maximum Gasteiger partial charge on any atom is 0.240 e. The van der Waals surface area contributed by atoms with Crippen LogP contribution >= 0.6 is 0 Å². The Hall–Kier alpha value is -2.78. The molecule has 0 radical (unpaired) electrons. The molecule has 4 rings (SSSR count). The first kappa shape index (κ1) is 18.6. The van der Waals surface area contributed by atoms with Crippen molar-refractivity contribution in [1.82, 2.24) is 25.3 Å². The zero-order chi connectivity index (χ0) is 19.5. The Labute approximate surface area is 163 Å². The fourth-order valence-corrected chi connectivity index (χ4v) is 3.33. The number of fused-ring (bicyclic) bond motifs is 1. The number of benzene rings is 1. The van der Waals surface area contributed by atoms with Gasteiger partial charge in [0.2, 0.25) is 12.7 Å². The first-order valence-electron chi connectivity index (χ1n) is 9.36. The van der Waals surface area contributed by atoms with Crippen LogP contribution < -0.4 is 25.1 Å². The molecule has 2 aliphatic rings. The minimum absolute atomic E-state index is 0.0451. The first-order chi connectivity index (χ1) is 13.6. The van der Waals surface area contributed by atoms with Gasteiger partial charge in [0.15, 0.2) is 11.5 Å². The Balaban J connectivity index is 1.23. The van der Waals surface area contributed by atoms with Crippen molar-refractivity contribution in [2.45, 2.75) is 32.0 Å². The van der Waals surface area contributed by atoms with E-state index in [9.17, 15) is 4.79 Å². The van der Waals surface area contributed by atoms with Crippen molar-refractivity contribution in [3.8, 4) is 17.2 Å². The lowest BCUT2D eigenvalue weighted by atomic mass is 10.1. The fraction of sp³-hybridized carbons (Fsp3) is 0.474. The molecule has 9 nitrogen and oxygen atoms in total. The largest absolute Gasteiger partial charge is 0.492 e. The lowest BCUT2D eigenvalue weighted by Gasteiger charge is -2.21. The minimum Gasteiger partial charge on any atom is -0.492 e. The summed E-state index contributed by atoms with van der Waals surface area (Å²) in [7, 11) is 1.83. The van der Waals surface area contributed by atoms with E-state index in [2.05, 4.69) is 15.8 Å². The third kappa shape index (κ3) is 4.05. The minimum atomic E-state index is -0.265. The van der Waals surface area contributed by atoms with Crippen LogP contribution in [0.3, 0.4) is 0 Å². The number of ether oxygens (including phenoxy) is 3. The molecule has 2 aromatic rings. The quantitative estimate of drug-likeness (QED) is 0.723. The molecule has 1 fully saturated rings. The van der Waals surface area contributed by atoms with Crippen LogP contribution in [-0.4, -0.2) is 59.4 Å². The molecule has 1 aromatic carbocycles. The number of likely N-dealkylation sites (N-methyl/N-ethyl adjacent to an activating group) is 1. The van der Waals surface area contributed by atoms with Crippen LogP contribution in [0, 0.1) is 6.92 Å². The Morgan fingerprint density at radius 3 is 3.04 bits per heavy atom. The summed E-state index contributed by atoms with van der Waals surface area (Å²) in [5.74, 6) is 3.15. The van der Waals surface area contributed by atoms with Crippen LogP contribution in [0.1, 0.15) is 12.2 Å². The van der Waals surface area contributed by atoms with Gasteiger partial charge in [-0.2, -0.15) is 0 Å². The number of aryl methyl sites for hydroxylation is 1. The average molecular weight is 387 g/mol. The van der Waals surface area contributed by atoms with Crippen molar-refractivity contribution >= 4 is 5.91 Å². The number of aromatic nitrogens is 2. The maximum atomic E-state index is 12.7. The van der Waals surface area contributed by atoms with Crippen molar-refractivity contribution in [3.05, 3.63) is 36.4 Å². The van der Waals surface area contributed by atoms with Crippen LogP contribution in [0.2, 0.25) is 0 Å². The van der Waals surface area contributed by atoms with E-state index in [1.165, 1.54) is 0 Å². The number of imidazole rings is 1. The molecule has 2 N–H and O–H groups in total. The second-order valence-electron chi connectivity index (χ2n) is 7.03. The molecular weight excluding hydrogens is 362 g/mol. The lowest BCUT2D eigenvalue weighted by Crippen LogP contribution is -2.45. The van der Waals surface area contributed by atoms with Gasteiger partial charge in [-0.3, -0.25) is 10.2 Å². The number of carbonyl (C=O) groups excluding carboxylic acids is 1. The summed E-state index contributed by atoms with van der Waals surface area (Å²) in [5, 5.41) is 0. The molecule has 3 heterocycles. The molecule has 150 valence electrons. The van der Waals surface area contributed by atoms with Crippen LogP contribution in [-0.2, 0) is 11.3 Å². The van der Waals surface area contributed by atoms with Crippen molar-refractivity contribution in [3.63, 3.8) is 0 Å². The Morgan fingerprint density at radius 2 is 2.21 bits per heavy atom. The van der Waals surface area contributed by atoms with E-state index in [1.54, 1.807) is 11.1 Å². The van der Waals surface area contributed by atoms with Crippen LogP contribution in [0.5, 0.6) is 17.2 Å². The zero-order valence-electron chi connectivity index (χ0n) is 16.1. The topological polar surface area (TPSA) is 89.9 Å². The molecule has 0 bridgehead atoms. The summed E-state index contributed by atoms with van der Waals surface area (Å²) in [5.41, 5.74) is 6.23. The van der Waals surface area contributed by atoms with E-state index in [1.807, 2.05) is 42.9 Å². The highest BCUT2D eigenvalue weighted by Crippen LogP contribution is 2.35. The monoisotopic (exact) mass is 387 g/mol. The SMILES string of the molecule is Cc1nccn1CCN(C)C(=O)C1CC(COc2ccc3c(c2)OCO3)NN1. The van der Waals surface area contributed by atoms with Gasteiger partial charge in [-0.25, -0.2) is 10.4 Å². The Bertz CT molecular complexity index is 839. The number of nitrogens with one attached hydrogen (secondary N) is 2. The van der Waals surface area contributed by atoms with Crippen LogP contribution in [0.25, 0.3) is 0 Å². The number of hydrogen-bond donors (Lipinski definition) is 2. The van der Waals surface area contributed by atoms with Crippen molar-refractivity contribution in [1.29, 1.82) is 0 Å². The van der Waals surface area contributed by atoms with E-state index in [4.69, 9.17) is 14.2 Å². The summed E-state index contributed by atoms with van der Waals surface area (Å²) in [4.78, 5) is 18.6. The smallest absolute Gasteiger partial charge is 0.240 e. The van der Waals surface area contributed by atoms with Gasteiger partial charge < -0.3 is 23.7 Å². The van der Waals surface area contributed by atoms with Crippen molar-refractivity contribution < 1.29 is 19.0 Å². The first-order valence-corrected chi connectivity index (χ1v) is 9.36. The summed E-state index contributed by atoms with van der Waals surface area (Å²) >= 11 is 0. The van der Waals surface area contributed by atoms with E-state index < -0.39 is 0 Å². The highest BCUT2D eigenvalue weighted by Gasteiger charge is 2.31. The molecule has 0 saturated carbocycles. The molecule has 2 atom stereocenters. The van der Waals surface area contributed by atoms with Gasteiger partial charge in [0, 0.05) is 38.6 Å². The van der Waals surface area contributed by atoms with Gasteiger partial charge in [-0.1, -0.05) is 0 Å². The molecule has 0 spiro atoms. The second kappa shape index (κ2) is 8.07. The van der Waals surface area contributed by atoms with E-state index >= 15 is 0 Å². The third-order valence-corrected chi connectivity index (χ3v) is 5.05. The normalized spacial score (nSPS) is 20.4. The number of hydrazine groups is 1. The number of amides is 1. The molecule has 28 heavy (non-hydrogen) atoms. The van der Waals surface area contributed by atoms with Crippen LogP contribution in [0.15, 0.2) is 30.6 Å². The number of carbonyl (C=O) groups is 1. The molecular formula is C19H25N5O4. The zero-order valence-corrected chi connectivity index (χ0v) is 16.1. The average Bonchev–Trinajstić information content (AvgIpc) is 3.44. The molecule has 9 heteroatoms. The van der Waals surface area contributed by atoms with E-state index in [-0.39, 0.29) is 24.8 Å². The third-order valence-electron chi connectivity index (χ3n) is 5.05. The van der Waals surface area contributed by atoms with Gasteiger partial charge in [0.25, 0.3) is 0 Å². The predicted molar refractivity (Wildman–Crippen MR) is 101 cm³/mol. The summed E-state index contributed by atoms with van der Waals surface area (Å²) in [6.45, 7) is 4.01. The molecule has 2 aliphatic heterocycles. The summed E-state index contributed by atoms with van der Waals surface area (Å²) in [6, 6.07) is 5.29. The van der Waals surface area contributed by atoms with Crippen LogP contribution in [0.4, 0.5) is 0 Å². The van der Waals surface area contributed by atoms with E-state index in [0.717, 1.165) is 18.1 Å². The fourth-order valence-electron chi connectivity index (χ4n) is 3.33. The second-order valence-corrected chi connectivity index (χ2v) is 7.03. The maximum absolute atomic E-state index is 12.7. The van der Waals surface area contributed by atoms with Gasteiger partial charge in [-0.15, -0.1) is 0 Å².